The molecule has 1 aliphatic rings. The summed E-state index contributed by atoms with van der Waals surface area (Å²) < 4.78 is 5.06. The Kier molecular flexibility index (Phi) is 4.74. The molecule has 0 spiro atoms. The van der Waals surface area contributed by atoms with E-state index in [0.29, 0.717) is 6.54 Å². The molecule has 1 amide bonds. The highest BCUT2D eigenvalue weighted by atomic mass is 16.6. The molecule has 1 aliphatic carbocycles. The second kappa shape index (κ2) is 6.53. The van der Waals surface area contributed by atoms with Crippen molar-refractivity contribution in [1.29, 1.82) is 0 Å². The van der Waals surface area contributed by atoms with Crippen LogP contribution in [0.1, 0.15) is 29.6 Å². The van der Waals surface area contributed by atoms with E-state index in [2.05, 4.69) is 5.32 Å². The summed E-state index contributed by atoms with van der Waals surface area (Å²) in [7, 11) is 1.40. The van der Waals surface area contributed by atoms with E-state index < -0.39 is 16.9 Å². The van der Waals surface area contributed by atoms with Gasteiger partial charge in [0.15, 0.2) is 0 Å². The Morgan fingerprint density at radius 2 is 2.29 bits per heavy atom. The van der Waals surface area contributed by atoms with E-state index >= 15 is 0 Å². The molecule has 0 aliphatic heterocycles. The Morgan fingerprint density at radius 3 is 2.86 bits per heavy atom. The highest BCUT2D eigenvalue weighted by molar-refractivity contribution is 5.97. The smallest absolute Gasteiger partial charge is 0.270 e. The lowest BCUT2D eigenvalue weighted by Gasteiger charge is -2.15. The zero-order valence-electron chi connectivity index (χ0n) is 11.7. The van der Waals surface area contributed by atoms with Crippen molar-refractivity contribution in [3.8, 4) is 5.75 Å². The van der Waals surface area contributed by atoms with Gasteiger partial charge in [0.25, 0.3) is 11.6 Å². The molecule has 2 rings (SSSR count). The molecule has 2 unspecified atom stereocenters. The van der Waals surface area contributed by atoms with E-state index in [0.717, 1.165) is 19.3 Å². The number of hydrogen-bond donors (Lipinski definition) is 2. The minimum atomic E-state index is -0.559. The molecule has 1 fully saturated rings. The van der Waals surface area contributed by atoms with E-state index in [1.54, 1.807) is 0 Å². The van der Waals surface area contributed by atoms with Crippen molar-refractivity contribution in [2.24, 2.45) is 5.92 Å². The first-order valence-electron chi connectivity index (χ1n) is 6.81. The molecule has 1 saturated carbocycles. The average Bonchev–Trinajstić information content (AvgIpc) is 2.89. The number of nitrogens with zero attached hydrogens (tertiary/aromatic N) is 1. The maximum absolute atomic E-state index is 12.2. The fourth-order valence-corrected chi connectivity index (χ4v) is 2.56. The minimum Gasteiger partial charge on any atom is -0.496 e. The third kappa shape index (κ3) is 3.49. The highest BCUT2D eigenvalue weighted by Crippen LogP contribution is 2.26. The summed E-state index contributed by atoms with van der Waals surface area (Å²) in [6.07, 6.45) is 2.17. The van der Waals surface area contributed by atoms with Gasteiger partial charge in [-0.15, -0.1) is 0 Å². The third-order valence-corrected chi connectivity index (χ3v) is 3.78. The lowest BCUT2D eigenvalue weighted by Crippen LogP contribution is -2.32. The van der Waals surface area contributed by atoms with Crippen LogP contribution < -0.4 is 10.1 Å². The first-order chi connectivity index (χ1) is 10.0. The van der Waals surface area contributed by atoms with Gasteiger partial charge in [-0.2, -0.15) is 0 Å². The molecule has 1 aromatic carbocycles. The zero-order chi connectivity index (χ0) is 15.4. The predicted molar refractivity (Wildman–Crippen MR) is 75.3 cm³/mol. The van der Waals surface area contributed by atoms with E-state index in [1.165, 1.54) is 25.3 Å². The first-order valence-corrected chi connectivity index (χ1v) is 6.81. The number of carbonyl (C=O) groups is 1. The largest absolute Gasteiger partial charge is 0.496 e. The standard InChI is InChI=1S/C14H18N2O5/c1-21-13-6-5-10(16(19)20)7-11(13)14(18)15-8-9-3-2-4-12(9)17/h5-7,9,12,17H,2-4,8H2,1H3,(H,15,18). The van der Waals surface area contributed by atoms with Gasteiger partial charge in [0.2, 0.25) is 0 Å². The number of nitrogens with one attached hydrogen (secondary N) is 1. The van der Waals surface area contributed by atoms with E-state index in [1.807, 2.05) is 0 Å². The Labute approximate surface area is 122 Å². The van der Waals surface area contributed by atoms with Gasteiger partial charge in [-0.05, 0) is 18.9 Å². The SMILES string of the molecule is COc1ccc([N+](=O)[O-])cc1C(=O)NCC1CCCC1O. The number of nitro groups is 1. The maximum Gasteiger partial charge on any atom is 0.270 e. The van der Waals surface area contributed by atoms with E-state index in [-0.39, 0.29) is 22.9 Å². The van der Waals surface area contributed by atoms with Crippen LogP contribution in [0, 0.1) is 16.0 Å². The number of amides is 1. The van der Waals surface area contributed by atoms with Crippen LogP contribution in [0.4, 0.5) is 5.69 Å². The van der Waals surface area contributed by atoms with Crippen LogP contribution in [0.5, 0.6) is 5.75 Å². The topological polar surface area (TPSA) is 102 Å². The van der Waals surface area contributed by atoms with Crippen LogP contribution in [-0.4, -0.2) is 35.7 Å². The number of aliphatic hydroxyl groups is 1. The molecule has 7 nitrogen and oxygen atoms in total. The van der Waals surface area contributed by atoms with Crippen molar-refractivity contribution in [2.75, 3.05) is 13.7 Å². The Morgan fingerprint density at radius 1 is 1.52 bits per heavy atom. The molecule has 0 radical (unpaired) electrons. The van der Waals surface area contributed by atoms with Crippen molar-refractivity contribution < 1.29 is 19.6 Å². The summed E-state index contributed by atoms with van der Waals surface area (Å²) in [5.41, 5.74) is -0.0407. The van der Waals surface area contributed by atoms with Gasteiger partial charge < -0.3 is 15.2 Å². The van der Waals surface area contributed by atoms with Crippen molar-refractivity contribution in [3.63, 3.8) is 0 Å². The molecule has 2 atom stereocenters. The maximum atomic E-state index is 12.2. The monoisotopic (exact) mass is 294 g/mol. The number of ether oxygens (including phenoxy) is 1. The summed E-state index contributed by atoms with van der Waals surface area (Å²) in [5.74, 6) is -0.113. The molecule has 0 saturated heterocycles. The summed E-state index contributed by atoms with van der Waals surface area (Å²) in [4.78, 5) is 22.4. The van der Waals surface area contributed by atoms with Gasteiger partial charge in [-0.3, -0.25) is 14.9 Å². The average molecular weight is 294 g/mol. The zero-order valence-corrected chi connectivity index (χ0v) is 11.7. The lowest BCUT2D eigenvalue weighted by molar-refractivity contribution is -0.384. The second-order valence-corrected chi connectivity index (χ2v) is 5.11. The lowest BCUT2D eigenvalue weighted by atomic mass is 10.1. The number of carbonyl (C=O) groups excluding carboxylic acids is 1. The normalized spacial score (nSPS) is 21.0. The molecule has 21 heavy (non-hydrogen) atoms. The molecular weight excluding hydrogens is 276 g/mol. The van der Waals surface area contributed by atoms with Gasteiger partial charge in [0, 0.05) is 24.6 Å². The molecule has 0 heterocycles. The van der Waals surface area contributed by atoms with Crippen LogP contribution >= 0.6 is 0 Å². The van der Waals surface area contributed by atoms with Gasteiger partial charge in [0.05, 0.1) is 23.7 Å². The molecule has 7 heteroatoms. The van der Waals surface area contributed by atoms with Crippen LogP contribution in [0.25, 0.3) is 0 Å². The number of aliphatic hydroxyl groups excluding tert-OH is 1. The van der Waals surface area contributed by atoms with Gasteiger partial charge in [-0.25, -0.2) is 0 Å². The predicted octanol–water partition coefficient (Wildman–Crippen LogP) is 1.49. The summed E-state index contributed by atoms with van der Waals surface area (Å²) in [6.45, 7) is 0.353. The second-order valence-electron chi connectivity index (χ2n) is 5.11. The number of rotatable bonds is 5. The Bertz CT molecular complexity index is 546. The van der Waals surface area contributed by atoms with Gasteiger partial charge >= 0.3 is 0 Å². The Hall–Kier alpha value is -2.15. The number of methoxy groups -OCH3 is 1. The highest BCUT2D eigenvalue weighted by Gasteiger charge is 2.26. The van der Waals surface area contributed by atoms with E-state index in [4.69, 9.17) is 4.74 Å². The fraction of sp³-hybridized carbons (Fsp3) is 0.500. The minimum absolute atomic E-state index is 0.0404. The summed E-state index contributed by atoms with van der Waals surface area (Å²) in [5, 5.41) is 23.2. The van der Waals surface area contributed by atoms with Crippen molar-refractivity contribution >= 4 is 11.6 Å². The number of non-ortho nitro benzene ring substituents is 1. The molecule has 114 valence electrons. The van der Waals surface area contributed by atoms with Gasteiger partial charge in [-0.1, -0.05) is 6.42 Å². The van der Waals surface area contributed by atoms with Crippen LogP contribution in [0.3, 0.4) is 0 Å². The number of hydrogen-bond acceptors (Lipinski definition) is 5. The molecule has 0 bridgehead atoms. The number of benzene rings is 1. The molecule has 0 aromatic heterocycles. The summed E-state index contributed by atoms with van der Waals surface area (Å²) in [6, 6.07) is 3.88. The molecule has 2 N–H and O–H groups in total. The van der Waals surface area contributed by atoms with E-state index in [9.17, 15) is 20.0 Å². The van der Waals surface area contributed by atoms with Gasteiger partial charge in [0.1, 0.15) is 5.75 Å². The van der Waals surface area contributed by atoms with Crippen LogP contribution in [0.2, 0.25) is 0 Å². The first kappa shape index (κ1) is 15.2. The molecule has 1 aromatic rings. The quantitative estimate of drug-likeness (QED) is 0.633. The fourth-order valence-electron chi connectivity index (χ4n) is 2.56. The molecular formula is C14H18N2O5. The van der Waals surface area contributed by atoms with Crippen LogP contribution in [-0.2, 0) is 0 Å². The third-order valence-electron chi connectivity index (χ3n) is 3.78. The van der Waals surface area contributed by atoms with Crippen LogP contribution in [0.15, 0.2) is 18.2 Å². The van der Waals surface area contributed by atoms with Crippen molar-refractivity contribution in [2.45, 2.75) is 25.4 Å². The van der Waals surface area contributed by atoms with Crippen molar-refractivity contribution in [1.82, 2.24) is 5.32 Å². The van der Waals surface area contributed by atoms with Crippen molar-refractivity contribution in [3.05, 3.63) is 33.9 Å². The summed E-state index contributed by atoms with van der Waals surface area (Å²) >= 11 is 0. The number of nitro benzene ring substituents is 1. The Balaban J connectivity index is 2.10.